The van der Waals surface area contributed by atoms with Gasteiger partial charge in [0.25, 0.3) is 0 Å². The van der Waals surface area contributed by atoms with Crippen LogP contribution in [0.15, 0.2) is 6.20 Å². The summed E-state index contributed by atoms with van der Waals surface area (Å²) in [5.74, 6) is 2.92. The lowest BCUT2D eigenvalue weighted by atomic mass is 9.53. The van der Waals surface area contributed by atoms with Crippen molar-refractivity contribution in [3.63, 3.8) is 0 Å². The van der Waals surface area contributed by atoms with E-state index < -0.39 is 0 Å². The van der Waals surface area contributed by atoms with Gasteiger partial charge in [0.1, 0.15) is 0 Å². The second-order valence-corrected chi connectivity index (χ2v) is 8.11. The van der Waals surface area contributed by atoms with Crippen molar-refractivity contribution in [2.24, 2.45) is 23.5 Å². The lowest BCUT2D eigenvalue weighted by Gasteiger charge is -2.57. The molecule has 20 heavy (non-hydrogen) atoms. The molecule has 4 saturated carbocycles. The first-order chi connectivity index (χ1) is 9.73. The van der Waals surface area contributed by atoms with Crippen molar-refractivity contribution in [2.45, 2.75) is 69.4 Å². The van der Waals surface area contributed by atoms with Crippen LogP contribution in [0.1, 0.15) is 68.7 Å². The monoisotopic (exact) mass is 271 g/mol. The average molecular weight is 271 g/mol. The topological polar surface area (TPSA) is 43.8 Å². The Bertz CT molecular complexity index is 509. The zero-order valence-corrected chi connectivity index (χ0v) is 12.2. The summed E-state index contributed by atoms with van der Waals surface area (Å²) in [7, 11) is 0. The van der Waals surface area contributed by atoms with Crippen LogP contribution < -0.4 is 5.73 Å². The fourth-order valence-electron chi connectivity index (χ4n) is 6.33. The molecule has 1 aromatic heterocycles. The van der Waals surface area contributed by atoms with Gasteiger partial charge < -0.3 is 5.73 Å². The van der Waals surface area contributed by atoms with Crippen LogP contribution in [-0.4, -0.2) is 9.78 Å². The second-order valence-electron chi connectivity index (χ2n) is 8.11. The molecule has 4 fully saturated rings. The molecule has 1 aromatic rings. The van der Waals surface area contributed by atoms with Gasteiger partial charge >= 0.3 is 0 Å². The summed E-state index contributed by atoms with van der Waals surface area (Å²) < 4.78 is 2.44. The van der Waals surface area contributed by atoms with E-state index in [0.717, 1.165) is 24.2 Å². The molecule has 1 heterocycles. The van der Waals surface area contributed by atoms with Gasteiger partial charge in [-0.15, -0.1) is 0 Å². The molecule has 0 aliphatic heterocycles. The molecular formula is C17H25N3. The van der Waals surface area contributed by atoms with Gasteiger partial charge in [-0.25, -0.2) is 0 Å². The summed E-state index contributed by atoms with van der Waals surface area (Å²) >= 11 is 0. The van der Waals surface area contributed by atoms with Crippen LogP contribution >= 0.6 is 0 Å². The van der Waals surface area contributed by atoms with Crippen molar-refractivity contribution in [1.29, 1.82) is 0 Å². The predicted molar refractivity (Wildman–Crippen MR) is 78.2 cm³/mol. The van der Waals surface area contributed by atoms with Crippen molar-refractivity contribution < 1.29 is 0 Å². The quantitative estimate of drug-likeness (QED) is 0.852. The largest absolute Gasteiger partial charge is 0.323 e. The van der Waals surface area contributed by atoms with Crippen LogP contribution in [0.5, 0.6) is 0 Å². The van der Waals surface area contributed by atoms with E-state index in [1.807, 2.05) is 0 Å². The molecule has 1 unspecified atom stereocenters. The highest BCUT2D eigenvalue weighted by Crippen LogP contribution is 2.59. The lowest BCUT2D eigenvalue weighted by Crippen LogP contribution is -2.53. The molecular weight excluding hydrogens is 246 g/mol. The fourth-order valence-corrected chi connectivity index (χ4v) is 6.33. The summed E-state index contributed by atoms with van der Waals surface area (Å²) in [6, 6.07) is 0.231. The predicted octanol–water partition coefficient (Wildman–Crippen LogP) is 3.14. The number of hydrogen-bond acceptors (Lipinski definition) is 2. The Morgan fingerprint density at radius 2 is 1.75 bits per heavy atom. The number of aromatic nitrogens is 2. The molecule has 5 aliphatic carbocycles. The van der Waals surface area contributed by atoms with Gasteiger partial charge in [-0.1, -0.05) is 0 Å². The average Bonchev–Trinajstić information content (AvgIpc) is 2.83. The Morgan fingerprint density at radius 3 is 2.40 bits per heavy atom. The summed E-state index contributed by atoms with van der Waals surface area (Å²) in [5, 5.41) is 4.87. The highest BCUT2D eigenvalue weighted by molar-refractivity contribution is 5.26. The van der Waals surface area contributed by atoms with Crippen LogP contribution in [0.3, 0.4) is 0 Å². The molecule has 0 saturated heterocycles. The van der Waals surface area contributed by atoms with E-state index in [1.54, 1.807) is 0 Å². The number of hydrogen-bond donors (Lipinski definition) is 1. The molecule has 0 radical (unpaired) electrons. The molecule has 3 heteroatoms. The first-order valence-electron chi connectivity index (χ1n) is 8.56. The van der Waals surface area contributed by atoms with Crippen LogP contribution in [0.4, 0.5) is 0 Å². The van der Waals surface area contributed by atoms with Crippen molar-refractivity contribution in [2.75, 3.05) is 0 Å². The Balaban J connectivity index is 1.62. The van der Waals surface area contributed by atoms with Gasteiger partial charge in [-0.3, -0.25) is 4.68 Å². The van der Waals surface area contributed by atoms with E-state index in [2.05, 4.69) is 10.9 Å². The van der Waals surface area contributed by atoms with Gasteiger partial charge in [-0.2, -0.15) is 5.10 Å². The normalized spacial score (nSPS) is 45.6. The van der Waals surface area contributed by atoms with Crippen LogP contribution in [0.25, 0.3) is 0 Å². The molecule has 0 amide bonds. The standard InChI is InChI=1S/C17H25N3/c18-15-3-1-2-14-10-19-20(16(14)15)17-7-11-4-12(8-17)6-13(5-11)9-17/h10-13,15H,1-9,18H2. The van der Waals surface area contributed by atoms with Gasteiger partial charge in [0.05, 0.1) is 17.4 Å². The molecule has 5 aliphatic rings. The maximum Gasteiger partial charge on any atom is 0.0639 e. The summed E-state index contributed by atoms with van der Waals surface area (Å²) in [4.78, 5) is 0. The molecule has 0 aromatic carbocycles. The van der Waals surface area contributed by atoms with E-state index in [1.165, 1.54) is 62.6 Å². The smallest absolute Gasteiger partial charge is 0.0639 e. The molecule has 1 atom stereocenters. The minimum Gasteiger partial charge on any atom is -0.323 e. The van der Waals surface area contributed by atoms with Gasteiger partial charge in [0.15, 0.2) is 0 Å². The molecule has 3 nitrogen and oxygen atoms in total. The third kappa shape index (κ3) is 1.47. The third-order valence-electron chi connectivity index (χ3n) is 6.65. The number of nitrogens with two attached hydrogens (primary N) is 1. The highest BCUT2D eigenvalue weighted by Gasteiger charge is 2.53. The van der Waals surface area contributed by atoms with Gasteiger partial charge in [0, 0.05) is 6.04 Å². The summed E-state index contributed by atoms with van der Waals surface area (Å²) in [6.45, 7) is 0. The Morgan fingerprint density at radius 1 is 1.10 bits per heavy atom. The molecule has 0 spiro atoms. The van der Waals surface area contributed by atoms with Crippen molar-refractivity contribution in [3.05, 3.63) is 17.5 Å². The first-order valence-corrected chi connectivity index (χ1v) is 8.56. The van der Waals surface area contributed by atoms with Crippen LogP contribution in [0.2, 0.25) is 0 Å². The maximum atomic E-state index is 6.45. The molecule has 2 N–H and O–H groups in total. The van der Waals surface area contributed by atoms with E-state index in [9.17, 15) is 0 Å². The minimum absolute atomic E-state index is 0.231. The SMILES string of the molecule is NC1CCCc2cnn(C34CC5CC(CC(C5)C3)C4)c21. The molecule has 108 valence electrons. The van der Waals surface area contributed by atoms with Crippen molar-refractivity contribution in [1.82, 2.24) is 9.78 Å². The number of aryl methyl sites for hydroxylation is 1. The number of nitrogens with zero attached hydrogens (tertiary/aromatic N) is 2. The van der Waals surface area contributed by atoms with E-state index in [0.29, 0.717) is 5.54 Å². The minimum atomic E-state index is 0.231. The maximum absolute atomic E-state index is 6.45. The van der Waals surface area contributed by atoms with E-state index in [-0.39, 0.29) is 6.04 Å². The van der Waals surface area contributed by atoms with Crippen molar-refractivity contribution in [3.8, 4) is 0 Å². The Labute approximate surface area is 120 Å². The molecule has 4 bridgehead atoms. The number of fused-ring (bicyclic) bond motifs is 1. The van der Waals surface area contributed by atoms with Gasteiger partial charge in [-0.05, 0) is 81.1 Å². The van der Waals surface area contributed by atoms with Crippen LogP contribution in [0, 0.1) is 17.8 Å². The second kappa shape index (κ2) is 3.88. The zero-order chi connectivity index (χ0) is 13.3. The first kappa shape index (κ1) is 11.8. The summed E-state index contributed by atoms with van der Waals surface area (Å²) in [6.07, 6.45) is 14.3. The highest BCUT2D eigenvalue weighted by atomic mass is 15.3. The van der Waals surface area contributed by atoms with Crippen molar-refractivity contribution >= 4 is 0 Å². The van der Waals surface area contributed by atoms with E-state index >= 15 is 0 Å². The Kier molecular flexibility index (Phi) is 2.29. The van der Waals surface area contributed by atoms with E-state index in [4.69, 9.17) is 10.8 Å². The van der Waals surface area contributed by atoms with Crippen LogP contribution in [-0.2, 0) is 12.0 Å². The number of rotatable bonds is 1. The zero-order valence-electron chi connectivity index (χ0n) is 12.2. The molecule has 6 rings (SSSR count). The van der Waals surface area contributed by atoms with Gasteiger partial charge in [0.2, 0.25) is 0 Å². The lowest BCUT2D eigenvalue weighted by molar-refractivity contribution is -0.0514. The Hall–Kier alpha value is -0.830. The summed E-state index contributed by atoms with van der Waals surface area (Å²) in [5.41, 5.74) is 9.64. The third-order valence-corrected chi connectivity index (χ3v) is 6.65. The fraction of sp³-hybridized carbons (Fsp3) is 0.824.